The lowest BCUT2D eigenvalue weighted by Gasteiger charge is -2.36. The summed E-state index contributed by atoms with van der Waals surface area (Å²) in [5, 5.41) is 13.7. The largest absolute Gasteiger partial charge is 0.479 e. The van der Waals surface area contributed by atoms with Crippen molar-refractivity contribution in [2.24, 2.45) is 5.73 Å². The van der Waals surface area contributed by atoms with Crippen molar-refractivity contribution in [3.8, 4) is 11.6 Å². The molecule has 1 unspecified atom stereocenters. The lowest BCUT2D eigenvalue weighted by atomic mass is 9.80. The molecule has 9 heteroatoms. The number of fused-ring (bicyclic) bond motifs is 1. The number of aromatic nitrogens is 2. The lowest BCUT2D eigenvalue weighted by molar-refractivity contribution is -0.139. The van der Waals surface area contributed by atoms with Gasteiger partial charge in [0.25, 0.3) is 0 Å². The van der Waals surface area contributed by atoms with Gasteiger partial charge in [-0.1, -0.05) is 18.6 Å². The highest BCUT2D eigenvalue weighted by atomic mass is 16.6. The van der Waals surface area contributed by atoms with Crippen molar-refractivity contribution >= 4 is 12.1 Å². The second-order valence-corrected chi connectivity index (χ2v) is 9.65. The number of carboxylic acid groups (broad SMARTS) is 1. The lowest BCUT2D eigenvalue weighted by Crippen LogP contribution is -2.45. The molecule has 0 saturated heterocycles. The summed E-state index contributed by atoms with van der Waals surface area (Å²) in [6.45, 7) is 5.43. The fourth-order valence-corrected chi connectivity index (χ4v) is 4.42. The number of carboxylic acids is 1. The van der Waals surface area contributed by atoms with Crippen molar-refractivity contribution in [2.45, 2.75) is 64.0 Å². The van der Waals surface area contributed by atoms with Crippen molar-refractivity contribution in [3.05, 3.63) is 41.1 Å². The molecule has 178 valence electrons. The van der Waals surface area contributed by atoms with Crippen molar-refractivity contribution in [1.82, 2.24) is 14.7 Å². The number of carbonyl (C=O) groups excluding carboxylic acids is 1. The van der Waals surface area contributed by atoms with E-state index < -0.39 is 30.3 Å². The topological polar surface area (TPSA) is 120 Å². The fraction of sp³-hybridized carbons (Fsp3) is 0.542. The van der Waals surface area contributed by atoms with E-state index in [0.29, 0.717) is 24.4 Å². The molecule has 1 aromatic carbocycles. The first-order chi connectivity index (χ1) is 15.7. The van der Waals surface area contributed by atoms with Crippen LogP contribution in [0.2, 0.25) is 0 Å². The molecule has 2 heterocycles. The molecule has 0 radical (unpaired) electrons. The van der Waals surface area contributed by atoms with Crippen molar-refractivity contribution in [2.75, 3.05) is 19.7 Å². The maximum absolute atomic E-state index is 12.9. The molecular weight excluding hydrogens is 424 g/mol. The van der Waals surface area contributed by atoms with E-state index in [1.807, 2.05) is 32.9 Å². The van der Waals surface area contributed by atoms with Crippen LogP contribution in [0.1, 0.15) is 68.8 Å². The fourth-order valence-electron chi connectivity index (χ4n) is 4.42. The average Bonchev–Trinajstić information content (AvgIpc) is 3.08. The molecule has 9 nitrogen and oxygen atoms in total. The van der Waals surface area contributed by atoms with E-state index in [4.69, 9.17) is 20.3 Å². The van der Waals surface area contributed by atoms with Gasteiger partial charge in [0.2, 0.25) is 5.88 Å². The molecule has 1 saturated carbocycles. The van der Waals surface area contributed by atoms with Crippen molar-refractivity contribution in [1.29, 1.82) is 0 Å². The van der Waals surface area contributed by atoms with Crippen LogP contribution in [0.4, 0.5) is 4.79 Å². The van der Waals surface area contributed by atoms with Crippen LogP contribution in [0.15, 0.2) is 24.3 Å². The predicted molar refractivity (Wildman–Crippen MR) is 122 cm³/mol. The molecule has 1 aliphatic carbocycles. The van der Waals surface area contributed by atoms with E-state index >= 15 is 0 Å². The zero-order chi connectivity index (χ0) is 23.8. The molecule has 2 aliphatic rings. The van der Waals surface area contributed by atoms with Crippen LogP contribution in [-0.2, 0) is 16.0 Å². The van der Waals surface area contributed by atoms with E-state index in [0.717, 1.165) is 11.4 Å². The van der Waals surface area contributed by atoms with E-state index in [1.165, 1.54) is 24.8 Å². The minimum Gasteiger partial charge on any atom is -0.479 e. The summed E-state index contributed by atoms with van der Waals surface area (Å²) < 4.78 is 12.9. The van der Waals surface area contributed by atoms with Crippen LogP contribution in [0.3, 0.4) is 0 Å². The first-order valence-electron chi connectivity index (χ1n) is 11.4. The van der Waals surface area contributed by atoms with Gasteiger partial charge in [0.05, 0.1) is 23.0 Å². The number of benzene rings is 1. The summed E-state index contributed by atoms with van der Waals surface area (Å²) in [4.78, 5) is 25.6. The van der Waals surface area contributed by atoms with Gasteiger partial charge in [-0.25, -0.2) is 14.3 Å². The molecule has 1 aliphatic heterocycles. The number of rotatable bonds is 6. The van der Waals surface area contributed by atoms with Gasteiger partial charge < -0.3 is 20.3 Å². The van der Waals surface area contributed by atoms with E-state index in [1.54, 1.807) is 9.58 Å². The molecule has 1 aromatic heterocycles. The number of ether oxygens (including phenoxy) is 2. The second kappa shape index (κ2) is 9.05. The minimum atomic E-state index is -1.10. The minimum absolute atomic E-state index is 0.127. The number of nitrogens with zero attached hydrogens (tertiary/aromatic N) is 3. The van der Waals surface area contributed by atoms with Crippen LogP contribution < -0.4 is 10.5 Å². The monoisotopic (exact) mass is 456 g/mol. The Hall–Kier alpha value is -3.07. The molecule has 1 amide bonds. The van der Waals surface area contributed by atoms with Gasteiger partial charge in [-0.2, -0.15) is 0 Å². The Morgan fingerprint density at radius 1 is 1.21 bits per heavy atom. The van der Waals surface area contributed by atoms with Gasteiger partial charge in [-0.05, 0) is 57.2 Å². The molecule has 1 fully saturated rings. The Labute approximate surface area is 193 Å². The first-order valence-corrected chi connectivity index (χ1v) is 11.4. The zero-order valence-electron chi connectivity index (χ0n) is 19.4. The van der Waals surface area contributed by atoms with Crippen LogP contribution >= 0.6 is 0 Å². The maximum atomic E-state index is 12.9. The van der Waals surface area contributed by atoms with Crippen LogP contribution in [0.5, 0.6) is 5.88 Å². The average molecular weight is 457 g/mol. The molecular formula is C24H32N4O5. The Kier molecular flexibility index (Phi) is 6.34. The third kappa shape index (κ3) is 4.83. The van der Waals surface area contributed by atoms with Gasteiger partial charge in [-0.3, -0.25) is 4.90 Å². The van der Waals surface area contributed by atoms with Crippen molar-refractivity contribution in [3.63, 3.8) is 0 Å². The first kappa shape index (κ1) is 23.1. The molecule has 2 aromatic rings. The number of carbonyl (C=O) groups is 2. The second-order valence-electron chi connectivity index (χ2n) is 9.65. The van der Waals surface area contributed by atoms with E-state index in [-0.39, 0.29) is 12.4 Å². The van der Waals surface area contributed by atoms with Crippen LogP contribution in [0, 0.1) is 0 Å². The third-order valence-corrected chi connectivity index (χ3v) is 6.18. The highest BCUT2D eigenvalue weighted by molar-refractivity contribution is 5.70. The Morgan fingerprint density at radius 2 is 1.91 bits per heavy atom. The highest BCUT2D eigenvalue weighted by Crippen LogP contribution is 2.39. The highest BCUT2D eigenvalue weighted by Gasteiger charge is 2.38. The normalized spacial score (nSPS) is 18.4. The smallest absolute Gasteiger partial charge is 0.410 e. The van der Waals surface area contributed by atoms with E-state index in [9.17, 15) is 9.59 Å². The summed E-state index contributed by atoms with van der Waals surface area (Å²) in [7, 11) is 0. The predicted octanol–water partition coefficient (Wildman–Crippen LogP) is 3.40. The summed E-state index contributed by atoms with van der Waals surface area (Å²) in [6.07, 6.45) is 3.77. The zero-order valence-corrected chi connectivity index (χ0v) is 19.4. The standard InChI is InChI=1S/C24H32N4O5/c1-24(2,3)33-23(31)27-12-11-18-21(19(27)13-25)22(32-14-20(29)30)26-28(18)17-9-7-16(8-10-17)15-5-4-6-15/h7-10,15,19H,4-6,11-14,25H2,1-3H3,(H,29,30). The van der Waals surface area contributed by atoms with Crippen molar-refractivity contribution < 1.29 is 24.2 Å². The molecule has 1 atom stereocenters. The third-order valence-electron chi connectivity index (χ3n) is 6.18. The summed E-state index contributed by atoms with van der Waals surface area (Å²) >= 11 is 0. The maximum Gasteiger partial charge on any atom is 0.410 e. The quantitative estimate of drug-likeness (QED) is 0.683. The summed E-state index contributed by atoms with van der Waals surface area (Å²) in [5.41, 5.74) is 9.14. The molecule has 33 heavy (non-hydrogen) atoms. The molecule has 0 spiro atoms. The summed E-state index contributed by atoms with van der Waals surface area (Å²) in [5.74, 6) is -0.296. The Balaban J connectivity index is 1.70. The van der Waals surface area contributed by atoms with Crippen LogP contribution in [-0.4, -0.2) is 57.1 Å². The number of aliphatic carboxylic acids is 1. The van der Waals surface area contributed by atoms with E-state index in [2.05, 4.69) is 17.2 Å². The van der Waals surface area contributed by atoms with Gasteiger partial charge in [0.15, 0.2) is 6.61 Å². The Morgan fingerprint density at radius 3 is 2.45 bits per heavy atom. The van der Waals surface area contributed by atoms with Gasteiger partial charge >= 0.3 is 12.1 Å². The number of nitrogens with two attached hydrogens (primary N) is 1. The number of hydrogen-bond acceptors (Lipinski definition) is 6. The molecule has 4 rings (SSSR count). The molecule has 0 bridgehead atoms. The Bertz CT molecular complexity index is 1020. The number of hydrogen-bond donors (Lipinski definition) is 2. The SMILES string of the molecule is CC(C)(C)OC(=O)N1CCc2c(c(OCC(=O)O)nn2-c2ccc(C3CCC3)cc2)C1CN. The summed E-state index contributed by atoms with van der Waals surface area (Å²) in [6, 6.07) is 7.78. The van der Waals surface area contributed by atoms with Crippen LogP contribution in [0.25, 0.3) is 5.69 Å². The number of amides is 1. The van der Waals surface area contributed by atoms with Gasteiger partial charge in [0, 0.05) is 19.5 Å². The van der Waals surface area contributed by atoms with Gasteiger partial charge in [0.1, 0.15) is 5.60 Å². The molecule has 3 N–H and O–H groups in total. The van der Waals surface area contributed by atoms with Gasteiger partial charge in [-0.15, -0.1) is 5.10 Å².